The summed E-state index contributed by atoms with van der Waals surface area (Å²) in [6.45, 7) is 0. The number of ether oxygens (including phenoxy) is 1. The van der Waals surface area contributed by atoms with Crippen LogP contribution >= 0.6 is 0 Å². The van der Waals surface area contributed by atoms with Crippen LogP contribution in [-0.4, -0.2) is 4.98 Å². The summed E-state index contributed by atoms with van der Waals surface area (Å²) >= 11 is 0. The lowest BCUT2D eigenvalue weighted by Gasteiger charge is -2.25. The third-order valence-electron chi connectivity index (χ3n) is 4.84. The Morgan fingerprint density at radius 3 is 2.70 bits per heavy atom. The molecule has 0 spiro atoms. The number of hydrogen-bond acceptors (Lipinski definition) is 5. The number of nitrogens with one attached hydrogen (secondary N) is 1. The van der Waals surface area contributed by atoms with Gasteiger partial charge in [-0.3, -0.25) is 0 Å². The van der Waals surface area contributed by atoms with Crippen LogP contribution in [-0.2, 0) is 0 Å². The maximum absolute atomic E-state index is 12.8. The van der Waals surface area contributed by atoms with Gasteiger partial charge in [0.15, 0.2) is 5.75 Å². The molecule has 0 radical (unpaired) electrons. The zero-order valence-corrected chi connectivity index (χ0v) is 14.0. The molecule has 1 aliphatic heterocycles. The van der Waals surface area contributed by atoms with Crippen molar-refractivity contribution in [1.82, 2.24) is 4.98 Å². The minimum Gasteiger partial charge on any atom is -0.439 e. The van der Waals surface area contributed by atoms with Gasteiger partial charge in [0.2, 0.25) is 5.88 Å². The molecule has 0 amide bonds. The number of nitrogens with two attached hydrogens (primary N) is 1. The second kappa shape index (κ2) is 5.51. The number of fused-ring (bicyclic) bond motifs is 4. The minimum absolute atomic E-state index is 0.00981. The average Bonchev–Trinajstić information content (AvgIpc) is 3.11. The molecule has 27 heavy (non-hydrogen) atoms. The van der Waals surface area contributed by atoms with Crippen LogP contribution in [0.4, 0.5) is 0 Å². The van der Waals surface area contributed by atoms with Crippen LogP contribution in [0.5, 0.6) is 5.75 Å². The first-order valence-electron chi connectivity index (χ1n) is 8.38. The summed E-state index contributed by atoms with van der Waals surface area (Å²) in [5.41, 5.74) is 7.95. The molecule has 130 valence electrons. The topological polar surface area (TPSA) is 105 Å². The highest BCUT2D eigenvalue weighted by atomic mass is 16.5. The quantitative estimate of drug-likeness (QED) is 0.509. The summed E-state index contributed by atoms with van der Waals surface area (Å²) in [7, 11) is 0. The maximum Gasteiger partial charge on any atom is 0.344 e. The van der Waals surface area contributed by atoms with Gasteiger partial charge in [0.05, 0.1) is 16.9 Å². The number of H-pyrrole nitrogens is 1. The fourth-order valence-electron chi connectivity index (χ4n) is 3.63. The molecule has 0 fully saturated rings. The maximum atomic E-state index is 12.8. The van der Waals surface area contributed by atoms with Gasteiger partial charge in [-0.15, -0.1) is 0 Å². The zero-order chi connectivity index (χ0) is 18.5. The molecule has 6 nitrogen and oxygen atoms in total. The van der Waals surface area contributed by atoms with E-state index in [1.54, 1.807) is 18.2 Å². The lowest BCUT2D eigenvalue weighted by atomic mass is 9.87. The summed E-state index contributed by atoms with van der Waals surface area (Å²) in [6, 6.07) is 18.8. The predicted molar refractivity (Wildman–Crippen MR) is 100 cm³/mol. The van der Waals surface area contributed by atoms with Gasteiger partial charge in [-0.1, -0.05) is 30.3 Å². The number of aromatic nitrogens is 1. The van der Waals surface area contributed by atoms with E-state index in [0.29, 0.717) is 22.4 Å². The minimum atomic E-state index is -0.688. The Labute approximate surface area is 153 Å². The highest BCUT2D eigenvalue weighted by molar-refractivity contribution is 5.86. The standard InChI is InChI=1S/C21H13N3O3/c22-10-13-17(15-9-11-5-1-3-7-14(11)24-15)18-19(27-20(13)23)12-6-2-4-8-16(12)26-21(18)25/h1-9,17,24H,23H2. The molecule has 2 aromatic heterocycles. The number of nitrogens with zero attached hydrogens (tertiary/aromatic N) is 1. The van der Waals surface area contributed by atoms with Gasteiger partial charge in [0.1, 0.15) is 17.2 Å². The fourth-order valence-corrected chi connectivity index (χ4v) is 3.63. The van der Waals surface area contributed by atoms with Crippen LogP contribution in [0, 0.1) is 11.3 Å². The predicted octanol–water partition coefficient (Wildman–Crippen LogP) is 3.49. The number of benzene rings is 2. The SMILES string of the molecule is N#CC1=C(N)Oc2c(c(=O)oc3ccccc23)C1c1cc2ccccc2[nH]1. The van der Waals surface area contributed by atoms with E-state index < -0.39 is 11.5 Å². The molecule has 4 aromatic rings. The molecule has 0 saturated heterocycles. The van der Waals surface area contributed by atoms with Crippen molar-refractivity contribution in [3.05, 3.63) is 87.7 Å². The van der Waals surface area contributed by atoms with Crippen LogP contribution in [0.3, 0.4) is 0 Å². The second-order valence-electron chi connectivity index (χ2n) is 6.37. The van der Waals surface area contributed by atoms with E-state index in [0.717, 1.165) is 10.9 Å². The molecular weight excluding hydrogens is 342 g/mol. The number of hydrogen-bond donors (Lipinski definition) is 2. The van der Waals surface area contributed by atoms with Crippen LogP contribution in [0.15, 0.2) is 75.3 Å². The van der Waals surface area contributed by atoms with Gasteiger partial charge in [-0.25, -0.2) is 4.79 Å². The highest BCUT2D eigenvalue weighted by Crippen LogP contribution is 2.43. The van der Waals surface area contributed by atoms with E-state index in [-0.39, 0.29) is 17.0 Å². The third-order valence-corrected chi connectivity index (χ3v) is 4.84. The molecule has 3 heterocycles. The van der Waals surface area contributed by atoms with Crippen molar-refractivity contribution in [1.29, 1.82) is 5.26 Å². The molecule has 1 atom stereocenters. The van der Waals surface area contributed by atoms with E-state index in [9.17, 15) is 10.1 Å². The van der Waals surface area contributed by atoms with Gasteiger partial charge in [-0.05, 0) is 29.7 Å². The van der Waals surface area contributed by atoms with E-state index in [1.165, 1.54) is 0 Å². The summed E-state index contributed by atoms with van der Waals surface area (Å²) in [5, 5.41) is 11.3. The lowest BCUT2D eigenvalue weighted by molar-refractivity contribution is 0.387. The Hall–Kier alpha value is -3.98. The van der Waals surface area contributed by atoms with Crippen molar-refractivity contribution in [3.8, 4) is 11.8 Å². The summed E-state index contributed by atoms with van der Waals surface area (Å²) in [5.74, 6) is -0.363. The van der Waals surface area contributed by atoms with Crippen molar-refractivity contribution < 1.29 is 9.15 Å². The van der Waals surface area contributed by atoms with Crippen molar-refractivity contribution >= 4 is 21.9 Å². The first-order valence-corrected chi connectivity index (χ1v) is 8.38. The van der Waals surface area contributed by atoms with Crippen molar-refractivity contribution in [3.63, 3.8) is 0 Å². The molecule has 5 rings (SSSR count). The fraction of sp³-hybridized carbons (Fsp3) is 0.0476. The molecule has 0 saturated carbocycles. The van der Waals surface area contributed by atoms with Crippen molar-refractivity contribution in [2.45, 2.75) is 5.92 Å². The smallest absolute Gasteiger partial charge is 0.344 e. The average molecular weight is 355 g/mol. The van der Waals surface area contributed by atoms with E-state index in [4.69, 9.17) is 14.9 Å². The molecule has 0 bridgehead atoms. The number of aromatic amines is 1. The Balaban J connectivity index is 1.86. The largest absolute Gasteiger partial charge is 0.439 e. The normalized spacial score (nSPS) is 16.2. The Morgan fingerprint density at radius 2 is 1.89 bits per heavy atom. The number of para-hydroxylation sites is 2. The Morgan fingerprint density at radius 1 is 1.11 bits per heavy atom. The van der Waals surface area contributed by atoms with E-state index in [1.807, 2.05) is 36.4 Å². The van der Waals surface area contributed by atoms with Gasteiger partial charge >= 0.3 is 5.63 Å². The lowest BCUT2D eigenvalue weighted by Crippen LogP contribution is -2.26. The third kappa shape index (κ3) is 2.15. The van der Waals surface area contributed by atoms with Gasteiger partial charge in [0, 0.05) is 11.2 Å². The first-order chi connectivity index (χ1) is 13.2. The van der Waals surface area contributed by atoms with Crippen LogP contribution in [0.25, 0.3) is 21.9 Å². The Kier molecular flexibility index (Phi) is 3.12. The van der Waals surface area contributed by atoms with Crippen molar-refractivity contribution in [2.24, 2.45) is 5.73 Å². The monoisotopic (exact) mass is 355 g/mol. The number of nitriles is 1. The van der Waals surface area contributed by atoms with Gasteiger partial charge < -0.3 is 19.9 Å². The molecule has 0 aliphatic carbocycles. The molecule has 1 unspecified atom stereocenters. The molecule has 1 aliphatic rings. The summed E-state index contributed by atoms with van der Waals surface area (Å²) < 4.78 is 11.2. The summed E-state index contributed by atoms with van der Waals surface area (Å²) in [4.78, 5) is 16.1. The summed E-state index contributed by atoms with van der Waals surface area (Å²) in [6.07, 6.45) is 0. The molecule has 2 aromatic carbocycles. The van der Waals surface area contributed by atoms with Gasteiger partial charge in [0.25, 0.3) is 0 Å². The number of rotatable bonds is 1. The zero-order valence-electron chi connectivity index (χ0n) is 14.0. The van der Waals surface area contributed by atoms with Crippen LogP contribution in [0.2, 0.25) is 0 Å². The molecular formula is C21H13N3O3. The molecule has 3 N–H and O–H groups in total. The highest BCUT2D eigenvalue weighted by Gasteiger charge is 2.36. The van der Waals surface area contributed by atoms with Crippen molar-refractivity contribution in [2.75, 3.05) is 0 Å². The second-order valence-corrected chi connectivity index (χ2v) is 6.37. The van der Waals surface area contributed by atoms with Gasteiger partial charge in [-0.2, -0.15) is 5.26 Å². The van der Waals surface area contributed by atoms with E-state index in [2.05, 4.69) is 11.1 Å². The van der Waals surface area contributed by atoms with Crippen LogP contribution in [0.1, 0.15) is 17.2 Å². The van der Waals surface area contributed by atoms with E-state index >= 15 is 0 Å². The Bertz CT molecular complexity index is 1320. The molecule has 6 heteroatoms. The first kappa shape index (κ1) is 15.3. The van der Waals surface area contributed by atoms with Crippen LogP contribution < -0.4 is 16.1 Å². The number of allylic oxidation sites excluding steroid dienone is 1.